The second-order valence-corrected chi connectivity index (χ2v) is 2.74. The lowest BCUT2D eigenvalue weighted by molar-refractivity contribution is 0.139. The Kier molecular flexibility index (Phi) is 2.66. The van der Waals surface area contributed by atoms with Crippen molar-refractivity contribution in [2.75, 3.05) is 0 Å². The third kappa shape index (κ3) is 1.74. The molecule has 12 heavy (non-hydrogen) atoms. The van der Waals surface area contributed by atoms with E-state index in [1.807, 2.05) is 0 Å². The van der Waals surface area contributed by atoms with E-state index < -0.39 is 23.8 Å². The predicted molar refractivity (Wildman–Crippen MR) is 36.8 cm³/mol. The van der Waals surface area contributed by atoms with E-state index in [0.29, 0.717) is 6.07 Å². The summed E-state index contributed by atoms with van der Waals surface area (Å²) in [6.45, 7) is 0. The third-order valence-corrected chi connectivity index (χ3v) is 1.55. The maximum absolute atomic E-state index is 12.6. The summed E-state index contributed by atoms with van der Waals surface area (Å²) in [6, 6.07) is 0.685. The first kappa shape index (κ1) is 9.44. The second-order valence-electron chi connectivity index (χ2n) is 1.93. The Balaban J connectivity index is 3.28. The third-order valence-electron chi connectivity index (χ3n) is 1.15. The van der Waals surface area contributed by atoms with E-state index >= 15 is 0 Å². The second kappa shape index (κ2) is 3.38. The van der Waals surface area contributed by atoms with Gasteiger partial charge in [0.25, 0.3) is 6.43 Å². The first-order chi connectivity index (χ1) is 5.52. The average molecular weight is 244 g/mol. The molecule has 1 heterocycles. The average Bonchev–Trinajstić information content (AvgIpc) is 1.82. The van der Waals surface area contributed by atoms with Gasteiger partial charge in [0.15, 0.2) is 0 Å². The molecule has 1 aromatic rings. The fourth-order valence-electron chi connectivity index (χ4n) is 0.661. The molecular weight excluding hydrogens is 242 g/mol. The van der Waals surface area contributed by atoms with Crippen LogP contribution in [0.4, 0.5) is 17.6 Å². The van der Waals surface area contributed by atoms with Crippen LogP contribution in [0, 0.1) is 11.8 Å². The summed E-state index contributed by atoms with van der Waals surface area (Å²) in [7, 11) is 0. The molecule has 0 N–H and O–H groups in total. The molecule has 0 spiro atoms. The molecule has 0 saturated heterocycles. The van der Waals surface area contributed by atoms with Crippen molar-refractivity contribution in [2.24, 2.45) is 0 Å². The Morgan fingerprint density at radius 1 is 1.33 bits per heavy atom. The first-order valence-corrected chi connectivity index (χ1v) is 3.61. The van der Waals surface area contributed by atoms with Crippen molar-refractivity contribution in [3.05, 3.63) is 28.0 Å². The number of pyridine rings is 1. The molecule has 0 aliphatic carbocycles. The molecule has 0 aliphatic rings. The lowest BCUT2D eigenvalue weighted by Crippen LogP contribution is -1.99. The standard InChI is InChI=1S/C6H2BrF4N/c7-3-1-2(8)4(5(9)10)6(11)12-3/h1,5H. The van der Waals surface area contributed by atoms with Gasteiger partial charge in [-0.2, -0.15) is 4.39 Å². The Labute approximate surface area is 73.5 Å². The summed E-state index contributed by atoms with van der Waals surface area (Å²) in [5.74, 6) is -2.79. The molecule has 0 aliphatic heterocycles. The zero-order valence-corrected chi connectivity index (χ0v) is 7.08. The topological polar surface area (TPSA) is 12.9 Å². The minimum absolute atomic E-state index is 0.151. The van der Waals surface area contributed by atoms with Crippen LogP contribution in [0.1, 0.15) is 12.0 Å². The van der Waals surface area contributed by atoms with Gasteiger partial charge >= 0.3 is 0 Å². The van der Waals surface area contributed by atoms with Gasteiger partial charge in [0.05, 0.1) is 0 Å². The lowest BCUT2D eigenvalue weighted by Gasteiger charge is -2.02. The molecule has 0 unspecified atom stereocenters. The highest BCUT2D eigenvalue weighted by molar-refractivity contribution is 9.10. The SMILES string of the molecule is Fc1cc(Br)nc(F)c1C(F)F. The largest absolute Gasteiger partial charge is 0.271 e. The Morgan fingerprint density at radius 2 is 1.92 bits per heavy atom. The molecule has 0 aromatic carbocycles. The molecule has 0 bridgehead atoms. The van der Waals surface area contributed by atoms with E-state index in [1.54, 1.807) is 0 Å². The van der Waals surface area contributed by atoms with Gasteiger partial charge in [-0.15, -0.1) is 0 Å². The van der Waals surface area contributed by atoms with Crippen LogP contribution in [0.15, 0.2) is 10.7 Å². The van der Waals surface area contributed by atoms with Crippen molar-refractivity contribution in [3.63, 3.8) is 0 Å². The smallest absolute Gasteiger partial charge is 0.212 e. The van der Waals surface area contributed by atoms with Gasteiger partial charge in [-0.25, -0.2) is 18.2 Å². The highest BCUT2D eigenvalue weighted by Crippen LogP contribution is 2.25. The van der Waals surface area contributed by atoms with Crippen LogP contribution in [0.3, 0.4) is 0 Å². The van der Waals surface area contributed by atoms with Crippen molar-refractivity contribution < 1.29 is 17.6 Å². The number of halogens is 5. The maximum Gasteiger partial charge on any atom is 0.271 e. The lowest BCUT2D eigenvalue weighted by atomic mass is 10.3. The number of aromatic nitrogens is 1. The number of hydrogen-bond acceptors (Lipinski definition) is 1. The molecule has 66 valence electrons. The molecular formula is C6H2BrF4N. The van der Waals surface area contributed by atoms with Crippen molar-refractivity contribution in [1.29, 1.82) is 0 Å². The Morgan fingerprint density at radius 3 is 2.33 bits per heavy atom. The normalized spacial score (nSPS) is 10.8. The Bertz CT molecular complexity index is 279. The summed E-state index contributed by atoms with van der Waals surface area (Å²) in [5, 5.41) is 0. The van der Waals surface area contributed by atoms with Crippen LogP contribution in [-0.2, 0) is 0 Å². The quantitative estimate of drug-likeness (QED) is 0.546. The number of nitrogens with zero attached hydrogens (tertiary/aromatic N) is 1. The summed E-state index contributed by atoms with van der Waals surface area (Å²) >= 11 is 2.66. The number of rotatable bonds is 1. The van der Waals surface area contributed by atoms with E-state index in [0.717, 1.165) is 0 Å². The van der Waals surface area contributed by atoms with Crippen LogP contribution in [0.25, 0.3) is 0 Å². The van der Waals surface area contributed by atoms with E-state index in [2.05, 4.69) is 20.9 Å². The molecule has 0 atom stereocenters. The van der Waals surface area contributed by atoms with Crippen LogP contribution in [0.5, 0.6) is 0 Å². The van der Waals surface area contributed by atoms with E-state index in [9.17, 15) is 17.6 Å². The van der Waals surface area contributed by atoms with Crippen molar-refractivity contribution in [2.45, 2.75) is 6.43 Å². The minimum Gasteiger partial charge on any atom is -0.212 e. The van der Waals surface area contributed by atoms with Gasteiger partial charge < -0.3 is 0 Å². The van der Waals surface area contributed by atoms with Gasteiger partial charge in [0, 0.05) is 6.07 Å². The van der Waals surface area contributed by atoms with E-state index in [4.69, 9.17) is 0 Å². The Hall–Kier alpha value is -0.650. The fraction of sp³-hybridized carbons (Fsp3) is 0.167. The number of hydrogen-bond donors (Lipinski definition) is 0. The molecule has 0 amide bonds. The van der Waals surface area contributed by atoms with Crippen molar-refractivity contribution in [3.8, 4) is 0 Å². The zero-order valence-electron chi connectivity index (χ0n) is 5.49. The molecule has 0 fully saturated rings. The van der Waals surface area contributed by atoms with Crippen molar-refractivity contribution in [1.82, 2.24) is 4.98 Å². The van der Waals surface area contributed by atoms with Gasteiger partial charge in [-0.05, 0) is 15.9 Å². The summed E-state index contributed by atoms with van der Waals surface area (Å²) in [6.07, 6.45) is -3.19. The molecule has 0 radical (unpaired) electrons. The van der Waals surface area contributed by atoms with Crippen LogP contribution < -0.4 is 0 Å². The summed E-state index contributed by atoms with van der Waals surface area (Å²) < 4.78 is 48.7. The first-order valence-electron chi connectivity index (χ1n) is 2.82. The highest BCUT2D eigenvalue weighted by atomic mass is 79.9. The van der Waals surface area contributed by atoms with Gasteiger partial charge in [0.1, 0.15) is 16.0 Å². The van der Waals surface area contributed by atoms with E-state index in [-0.39, 0.29) is 4.60 Å². The molecule has 1 aromatic heterocycles. The van der Waals surface area contributed by atoms with Gasteiger partial charge in [-0.1, -0.05) is 0 Å². The zero-order chi connectivity index (χ0) is 9.30. The summed E-state index contributed by atoms with van der Waals surface area (Å²) in [4.78, 5) is 2.99. The monoisotopic (exact) mass is 243 g/mol. The maximum atomic E-state index is 12.6. The molecule has 1 rings (SSSR count). The van der Waals surface area contributed by atoms with Crippen LogP contribution in [-0.4, -0.2) is 4.98 Å². The van der Waals surface area contributed by atoms with E-state index in [1.165, 1.54) is 0 Å². The highest BCUT2D eigenvalue weighted by Gasteiger charge is 2.20. The van der Waals surface area contributed by atoms with Gasteiger partial charge in [0.2, 0.25) is 5.95 Å². The molecule has 1 nitrogen and oxygen atoms in total. The van der Waals surface area contributed by atoms with Crippen LogP contribution >= 0.6 is 15.9 Å². The fourth-order valence-corrected chi connectivity index (χ4v) is 1.02. The molecule has 6 heteroatoms. The van der Waals surface area contributed by atoms with Crippen molar-refractivity contribution >= 4 is 15.9 Å². The predicted octanol–water partition coefficient (Wildman–Crippen LogP) is 3.06. The minimum atomic E-state index is -3.19. The molecule has 0 saturated carbocycles. The van der Waals surface area contributed by atoms with Crippen LogP contribution in [0.2, 0.25) is 0 Å². The summed E-state index contributed by atoms with van der Waals surface area (Å²) in [5.41, 5.74) is -1.29. The number of alkyl halides is 2. The van der Waals surface area contributed by atoms with Gasteiger partial charge in [-0.3, -0.25) is 0 Å².